The Bertz CT molecular complexity index is 1070. The van der Waals surface area contributed by atoms with E-state index in [4.69, 9.17) is 9.72 Å². The number of rotatable bonds is 7. The van der Waals surface area contributed by atoms with E-state index in [2.05, 4.69) is 15.2 Å². The Morgan fingerprint density at radius 1 is 1.03 bits per heavy atom. The SMILES string of the molecule is Cc1cnc(Nc2cccc(C3(COC(=O)C4CCCCC4)CCN(C(=O)C4CCCCC4)CC3)n2)s1. The zero-order chi connectivity index (χ0) is 25.7. The van der Waals surface area contributed by atoms with Gasteiger partial charge in [0.05, 0.1) is 17.0 Å². The van der Waals surface area contributed by atoms with Crippen LogP contribution in [0.2, 0.25) is 0 Å². The maximum atomic E-state index is 13.2. The van der Waals surface area contributed by atoms with E-state index in [0.29, 0.717) is 25.6 Å². The highest BCUT2D eigenvalue weighted by molar-refractivity contribution is 7.15. The van der Waals surface area contributed by atoms with Crippen LogP contribution in [0.25, 0.3) is 0 Å². The summed E-state index contributed by atoms with van der Waals surface area (Å²) in [7, 11) is 0. The summed E-state index contributed by atoms with van der Waals surface area (Å²) >= 11 is 1.59. The number of anilines is 2. The number of carbonyl (C=O) groups excluding carboxylic acids is 2. The van der Waals surface area contributed by atoms with Gasteiger partial charge in [-0.05, 0) is 57.6 Å². The second-order valence-electron chi connectivity index (χ2n) is 11.2. The predicted octanol–water partition coefficient (Wildman–Crippen LogP) is 6.15. The number of amides is 1. The lowest BCUT2D eigenvalue weighted by Crippen LogP contribution is -2.49. The van der Waals surface area contributed by atoms with E-state index in [1.165, 1.54) is 12.8 Å². The maximum Gasteiger partial charge on any atom is 0.308 e. The molecule has 1 amide bonds. The van der Waals surface area contributed by atoms with Crippen molar-refractivity contribution in [1.29, 1.82) is 0 Å². The summed E-state index contributed by atoms with van der Waals surface area (Å²) in [6, 6.07) is 6.00. The lowest BCUT2D eigenvalue weighted by atomic mass is 9.75. The first kappa shape index (κ1) is 26.1. The highest BCUT2D eigenvalue weighted by Crippen LogP contribution is 2.38. The van der Waals surface area contributed by atoms with Crippen LogP contribution < -0.4 is 5.32 Å². The molecule has 0 radical (unpaired) electrons. The van der Waals surface area contributed by atoms with E-state index in [1.807, 2.05) is 31.3 Å². The van der Waals surface area contributed by atoms with E-state index in [9.17, 15) is 9.59 Å². The van der Waals surface area contributed by atoms with Crippen molar-refractivity contribution in [3.05, 3.63) is 35.0 Å². The van der Waals surface area contributed by atoms with Crippen LogP contribution in [0.4, 0.5) is 10.9 Å². The molecule has 1 N–H and O–H groups in total. The first-order chi connectivity index (χ1) is 18.0. The number of aryl methyl sites for hydroxylation is 1. The number of carbonyl (C=O) groups is 2. The molecule has 3 aliphatic rings. The number of nitrogens with zero attached hydrogens (tertiary/aromatic N) is 3. The average Bonchev–Trinajstić information content (AvgIpc) is 3.37. The zero-order valence-corrected chi connectivity index (χ0v) is 22.9. The molecule has 3 heterocycles. The normalized spacial score (nSPS) is 20.9. The zero-order valence-electron chi connectivity index (χ0n) is 22.0. The molecule has 2 saturated carbocycles. The largest absolute Gasteiger partial charge is 0.464 e. The molecule has 5 rings (SSSR count). The standard InChI is InChI=1S/C29H40N4O3S/c1-21-19-30-28(37-21)32-25-14-8-13-24(31-25)29(20-36-27(35)23-11-6-3-7-12-23)15-17-33(18-16-29)26(34)22-9-4-2-5-10-22/h8,13-14,19,22-23H,2-7,9-12,15-18,20H2,1H3,(H,30,31,32). The fraction of sp³-hybridized carbons (Fsp3) is 0.655. The lowest BCUT2D eigenvalue weighted by Gasteiger charge is -2.42. The van der Waals surface area contributed by atoms with Crippen molar-refractivity contribution in [1.82, 2.24) is 14.9 Å². The predicted molar refractivity (Wildman–Crippen MR) is 146 cm³/mol. The van der Waals surface area contributed by atoms with Crippen LogP contribution in [-0.2, 0) is 19.7 Å². The average molecular weight is 525 g/mol. The van der Waals surface area contributed by atoms with Crippen LogP contribution in [0.15, 0.2) is 24.4 Å². The van der Waals surface area contributed by atoms with Gasteiger partial charge in [-0.2, -0.15) is 0 Å². The fourth-order valence-electron chi connectivity index (χ4n) is 6.22. The summed E-state index contributed by atoms with van der Waals surface area (Å²) in [5.74, 6) is 1.19. The second kappa shape index (κ2) is 11.9. The molecule has 0 atom stereocenters. The van der Waals surface area contributed by atoms with E-state index >= 15 is 0 Å². The first-order valence-corrected chi connectivity index (χ1v) is 15.0. The van der Waals surface area contributed by atoms with Crippen LogP contribution in [0.1, 0.15) is 87.6 Å². The molecular formula is C29H40N4O3S. The molecule has 1 aliphatic heterocycles. The molecule has 0 bridgehead atoms. The third-order valence-electron chi connectivity index (χ3n) is 8.56. The molecule has 1 saturated heterocycles. The van der Waals surface area contributed by atoms with Crippen LogP contribution in [-0.4, -0.2) is 46.4 Å². The number of piperidine rings is 1. The fourth-order valence-corrected chi connectivity index (χ4v) is 6.90. The molecule has 200 valence electrons. The van der Waals surface area contributed by atoms with E-state index in [-0.39, 0.29) is 17.8 Å². The first-order valence-electron chi connectivity index (χ1n) is 14.1. The summed E-state index contributed by atoms with van der Waals surface area (Å²) in [6.07, 6.45) is 14.2. The molecule has 2 aromatic rings. The van der Waals surface area contributed by atoms with Crippen molar-refractivity contribution in [2.24, 2.45) is 11.8 Å². The number of thiazole rings is 1. The van der Waals surface area contributed by atoms with Gasteiger partial charge in [-0.1, -0.05) is 44.6 Å². The van der Waals surface area contributed by atoms with Crippen molar-refractivity contribution in [2.75, 3.05) is 25.0 Å². The van der Waals surface area contributed by atoms with Gasteiger partial charge < -0.3 is 15.0 Å². The van der Waals surface area contributed by atoms with Gasteiger partial charge in [0.25, 0.3) is 0 Å². The molecule has 8 heteroatoms. The van der Waals surface area contributed by atoms with Gasteiger partial charge in [-0.25, -0.2) is 9.97 Å². The molecule has 0 unspecified atom stereocenters. The van der Waals surface area contributed by atoms with E-state index < -0.39 is 5.41 Å². The van der Waals surface area contributed by atoms with Crippen LogP contribution in [0.3, 0.4) is 0 Å². The maximum absolute atomic E-state index is 13.2. The van der Waals surface area contributed by atoms with Gasteiger partial charge in [0, 0.05) is 30.1 Å². The topological polar surface area (TPSA) is 84.4 Å². The van der Waals surface area contributed by atoms with E-state index in [1.54, 1.807) is 11.3 Å². The van der Waals surface area contributed by atoms with Crippen molar-refractivity contribution in [3.8, 4) is 0 Å². The minimum Gasteiger partial charge on any atom is -0.464 e. The number of esters is 1. The lowest BCUT2D eigenvalue weighted by molar-refractivity contribution is -0.153. The second-order valence-corrected chi connectivity index (χ2v) is 12.4. The molecule has 0 spiro atoms. The Balaban J connectivity index is 1.32. The van der Waals surface area contributed by atoms with E-state index in [0.717, 1.165) is 85.7 Å². The Labute approximate surface area is 224 Å². The minimum absolute atomic E-state index is 0.0212. The number of ether oxygens (including phenoxy) is 1. The number of pyridine rings is 1. The van der Waals surface area contributed by atoms with Crippen molar-refractivity contribution >= 4 is 34.2 Å². The highest BCUT2D eigenvalue weighted by Gasteiger charge is 2.41. The number of likely N-dealkylation sites (tertiary alicyclic amines) is 1. The van der Waals surface area contributed by atoms with Crippen molar-refractivity contribution in [3.63, 3.8) is 0 Å². The molecule has 7 nitrogen and oxygen atoms in total. The summed E-state index contributed by atoms with van der Waals surface area (Å²) in [5, 5.41) is 4.14. The number of aromatic nitrogens is 2. The number of nitrogens with one attached hydrogen (secondary N) is 1. The smallest absolute Gasteiger partial charge is 0.308 e. The molecule has 3 fully saturated rings. The van der Waals surface area contributed by atoms with Gasteiger partial charge in [0.1, 0.15) is 12.4 Å². The minimum atomic E-state index is -0.399. The van der Waals surface area contributed by atoms with Crippen LogP contribution in [0, 0.1) is 18.8 Å². The Morgan fingerprint density at radius 2 is 1.70 bits per heavy atom. The number of hydrogen-bond donors (Lipinski definition) is 1. The molecule has 37 heavy (non-hydrogen) atoms. The molecule has 0 aromatic carbocycles. The Kier molecular flexibility index (Phi) is 8.43. The van der Waals surface area contributed by atoms with Gasteiger partial charge in [0.2, 0.25) is 5.91 Å². The third-order valence-corrected chi connectivity index (χ3v) is 9.39. The Morgan fingerprint density at radius 3 is 2.35 bits per heavy atom. The summed E-state index contributed by atoms with van der Waals surface area (Å²) < 4.78 is 6.04. The molecule has 2 aliphatic carbocycles. The Hall–Kier alpha value is -2.48. The monoisotopic (exact) mass is 524 g/mol. The van der Waals surface area contributed by atoms with Gasteiger partial charge >= 0.3 is 5.97 Å². The van der Waals surface area contributed by atoms with Gasteiger partial charge in [-0.3, -0.25) is 9.59 Å². The van der Waals surface area contributed by atoms with Crippen LogP contribution in [0.5, 0.6) is 0 Å². The van der Waals surface area contributed by atoms with Crippen molar-refractivity contribution < 1.29 is 14.3 Å². The highest BCUT2D eigenvalue weighted by atomic mass is 32.1. The summed E-state index contributed by atoms with van der Waals surface area (Å²) in [6.45, 7) is 3.72. The molecular weight excluding hydrogens is 484 g/mol. The number of hydrogen-bond acceptors (Lipinski definition) is 7. The van der Waals surface area contributed by atoms with Gasteiger partial charge in [-0.15, -0.1) is 11.3 Å². The summed E-state index contributed by atoms with van der Waals surface area (Å²) in [4.78, 5) is 38.8. The summed E-state index contributed by atoms with van der Waals surface area (Å²) in [5.41, 5.74) is 0.524. The quantitative estimate of drug-likeness (QED) is 0.437. The third kappa shape index (κ3) is 6.33. The van der Waals surface area contributed by atoms with Crippen LogP contribution >= 0.6 is 11.3 Å². The van der Waals surface area contributed by atoms with Gasteiger partial charge in [0.15, 0.2) is 5.13 Å². The van der Waals surface area contributed by atoms with Crippen molar-refractivity contribution in [2.45, 2.75) is 89.4 Å². The molecule has 2 aromatic heterocycles.